The molecular formula is C17H17ClN2O4S. The van der Waals surface area contributed by atoms with Crippen molar-refractivity contribution in [2.45, 2.75) is 24.3 Å². The minimum absolute atomic E-state index is 0.272. The van der Waals surface area contributed by atoms with E-state index in [0.717, 1.165) is 17.4 Å². The molecule has 1 saturated heterocycles. The van der Waals surface area contributed by atoms with Crippen molar-refractivity contribution in [1.82, 2.24) is 8.87 Å². The van der Waals surface area contributed by atoms with E-state index in [1.165, 1.54) is 22.6 Å². The highest BCUT2D eigenvalue weighted by Crippen LogP contribution is 2.19. The van der Waals surface area contributed by atoms with E-state index in [0.29, 0.717) is 23.7 Å². The number of hydrogen-bond donors (Lipinski definition) is 0. The Hall–Kier alpha value is -1.96. The van der Waals surface area contributed by atoms with Crippen LogP contribution in [0.5, 0.6) is 0 Å². The first-order chi connectivity index (χ1) is 11.9. The van der Waals surface area contributed by atoms with E-state index in [1.54, 1.807) is 24.3 Å². The molecule has 0 aliphatic carbocycles. The number of carbonyl (C=O) groups is 1. The highest BCUT2D eigenvalue weighted by molar-refractivity contribution is 7.89. The van der Waals surface area contributed by atoms with Gasteiger partial charge in [-0.15, -0.1) is 0 Å². The highest BCUT2D eigenvalue weighted by atomic mass is 35.5. The van der Waals surface area contributed by atoms with Gasteiger partial charge in [-0.2, -0.15) is 4.31 Å². The molecular weight excluding hydrogens is 364 g/mol. The van der Waals surface area contributed by atoms with Crippen molar-refractivity contribution >= 4 is 27.4 Å². The van der Waals surface area contributed by atoms with E-state index in [-0.39, 0.29) is 17.2 Å². The zero-order chi connectivity index (χ0) is 18.0. The summed E-state index contributed by atoms with van der Waals surface area (Å²) in [5, 5.41) is 0.293. The smallest absolute Gasteiger partial charge is 0.271 e. The molecule has 0 radical (unpaired) electrons. The quantitative estimate of drug-likeness (QED) is 0.745. The second kappa shape index (κ2) is 7.11. The fraction of sp³-hybridized carbons (Fsp3) is 0.294. The van der Waals surface area contributed by atoms with Crippen LogP contribution in [0.3, 0.4) is 0 Å². The number of Topliss-reactive ketones (excluding diaryl/α,β-unsaturated/α-hetero) is 1. The van der Waals surface area contributed by atoms with Gasteiger partial charge < -0.3 is 4.57 Å². The van der Waals surface area contributed by atoms with Crippen LogP contribution in [0.1, 0.15) is 23.2 Å². The van der Waals surface area contributed by atoms with Crippen LogP contribution in [0.15, 0.2) is 52.3 Å². The first-order valence-corrected chi connectivity index (χ1v) is 9.70. The number of hydrogen-bond acceptors (Lipinski definition) is 4. The summed E-state index contributed by atoms with van der Waals surface area (Å²) in [7, 11) is -3.84. The van der Waals surface area contributed by atoms with Gasteiger partial charge in [0.25, 0.3) is 5.56 Å². The van der Waals surface area contributed by atoms with Crippen molar-refractivity contribution in [3.05, 3.63) is 63.5 Å². The Labute approximate surface area is 150 Å². The third-order valence-electron chi connectivity index (χ3n) is 4.16. The van der Waals surface area contributed by atoms with Gasteiger partial charge in [0.2, 0.25) is 10.0 Å². The summed E-state index contributed by atoms with van der Waals surface area (Å²) in [6.07, 6.45) is 2.97. The zero-order valence-electron chi connectivity index (χ0n) is 13.4. The molecule has 0 N–H and O–H groups in total. The van der Waals surface area contributed by atoms with Crippen molar-refractivity contribution in [2.24, 2.45) is 0 Å². The minimum atomic E-state index is -3.84. The SMILES string of the molecule is O=C(Cn1cccc(S(=O)(=O)N2CCCC2)c1=O)c1ccccc1Cl. The fourth-order valence-corrected chi connectivity index (χ4v) is 4.68. The predicted octanol–water partition coefficient (Wildman–Crippen LogP) is 2.17. The lowest BCUT2D eigenvalue weighted by atomic mass is 10.1. The van der Waals surface area contributed by atoms with Crippen LogP contribution >= 0.6 is 11.6 Å². The zero-order valence-corrected chi connectivity index (χ0v) is 15.0. The largest absolute Gasteiger partial charge is 0.307 e. The number of rotatable bonds is 5. The Morgan fingerprint density at radius 3 is 2.44 bits per heavy atom. The van der Waals surface area contributed by atoms with Crippen LogP contribution in [0.4, 0.5) is 0 Å². The van der Waals surface area contributed by atoms with E-state index >= 15 is 0 Å². The average molecular weight is 381 g/mol. The molecule has 1 aliphatic rings. The van der Waals surface area contributed by atoms with Crippen LogP contribution in [0.2, 0.25) is 5.02 Å². The van der Waals surface area contributed by atoms with Crippen LogP contribution < -0.4 is 5.56 Å². The molecule has 1 fully saturated rings. The molecule has 25 heavy (non-hydrogen) atoms. The van der Waals surface area contributed by atoms with E-state index in [1.807, 2.05) is 0 Å². The van der Waals surface area contributed by atoms with Crippen LogP contribution in [0, 0.1) is 0 Å². The molecule has 0 unspecified atom stereocenters. The van der Waals surface area contributed by atoms with Crippen LogP contribution in [0.25, 0.3) is 0 Å². The molecule has 1 aliphatic heterocycles. The molecule has 6 nitrogen and oxygen atoms in total. The molecule has 3 rings (SSSR count). The Morgan fingerprint density at radius 2 is 1.76 bits per heavy atom. The van der Waals surface area contributed by atoms with Gasteiger partial charge in [-0.25, -0.2) is 8.42 Å². The van der Waals surface area contributed by atoms with Crippen molar-refractivity contribution in [3.63, 3.8) is 0 Å². The van der Waals surface area contributed by atoms with Gasteiger partial charge in [-0.1, -0.05) is 23.7 Å². The van der Waals surface area contributed by atoms with Crippen LogP contribution in [-0.4, -0.2) is 36.2 Å². The summed E-state index contributed by atoms with van der Waals surface area (Å²) in [5.41, 5.74) is -0.404. The minimum Gasteiger partial charge on any atom is -0.307 e. The lowest BCUT2D eigenvalue weighted by Gasteiger charge is -2.16. The first kappa shape index (κ1) is 17.8. The lowest BCUT2D eigenvalue weighted by Crippen LogP contribution is -2.35. The van der Waals surface area contributed by atoms with Gasteiger partial charge in [0, 0.05) is 24.8 Å². The maximum atomic E-state index is 12.6. The Bertz CT molecular complexity index is 963. The third kappa shape index (κ3) is 3.53. The van der Waals surface area contributed by atoms with Gasteiger partial charge in [0.15, 0.2) is 5.78 Å². The maximum Gasteiger partial charge on any atom is 0.271 e. The Morgan fingerprint density at radius 1 is 1.08 bits per heavy atom. The van der Waals surface area contributed by atoms with E-state index < -0.39 is 15.6 Å². The van der Waals surface area contributed by atoms with Crippen molar-refractivity contribution in [3.8, 4) is 0 Å². The van der Waals surface area contributed by atoms with Crippen molar-refractivity contribution in [2.75, 3.05) is 13.1 Å². The summed E-state index contributed by atoms with van der Waals surface area (Å²) in [6, 6.07) is 9.29. The van der Waals surface area contributed by atoms with E-state index in [9.17, 15) is 18.0 Å². The standard InChI is InChI=1S/C17H17ClN2O4S/c18-14-7-2-1-6-13(14)15(21)12-19-9-5-8-16(17(19)22)25(23,24)20-10-3-4-11-20/h1-2,5-9H,3-4,10-12H2. The number of sulfonamides is 1. The average Bonchev–Trinajstić information content (AvgIpc) is 3.12. The summed E-state index contributed by atoms with van der Waals surface area (Å²) >= 11 is 6.00. The molecule has 1 aromatic carbocycles. The fourth-order valence-electron chi connectivity index (χ4n) is 2.83. The molecule has 8 heteroatoms. The maximum absolute atomic E-state index is 12.6. The highest BCUT2D eigenvalue weighted by Gasteiger charge is 2.30. The van der Waals surface area contributed by atoms with Crippen LogP contribution in [-0.2, 0) is 16.6 Å². The topological polar surface area (TPSA) is 76.5 Å². The number of aromatic nitrogens is 1. The van der Waals surface area contributed by atoms with Gasteiger partial charge >= 0.3 is 0 Å². The van der Waals surface area contributed by atoms with Gasteiger partial charge in [0.1, 0.15) is 4.90 Å². The molecule has 2 heterocycles. The number of ketones is 1. The molecule has 0 amide bonds. The molecule has 0 atom stereocenters. The summed E-state index contributed by atoms with van der Waals surface area (Å²) in [4.78, 5) is 24.7. The van der Waals surface area contributed by atoms with Gasteiger partial charge in [0.05, 0.1) is 11.6 Å². The summed E-state index contributed by atoms with van der Waals surface area (Å²) in [6.45, 7) is 0.552. The Kier molecular flexibility index (Phi) is 5.08. The molecule has 0 spiro atoms. The van der Waals surface area contributed by atoms with E-state index in [2.05, 4.69) is 0 Å². The van der Waals surface area contributed by atoms with Crippen molar-refractivity contribution < 1.29 is 13.2 Å². The predicted molar refractivity (Wildman–Crippen MR) is 94.5 cm³/mol. The van der Waals surface area contributed by atoms with Gasteiger partial charge in [-0.05, 0) is 37.1 Å². The molecule has 2 aromatic rings. The Balaban J connectivity index is 1.93. The number of benzene rings is 1. The first-order valence-electron chi connectivity index (χ1n) is 7.88. The lowest BCUT2D eigenvalue weighted by molar-refractivity contribution is 0.0970. The number of pyridine rings is 1. The second-order valence-corrected chi connectivity index (χ2v) is 8.13. The number of halogens is 1. The number of nitrogens with zero attached hydrogens (tertiary/aromatic N) is 2. The summed E-state index contributed by atoms with van der Waals surface area (Å²) in [5.74, 6) is -0.358. The van der Waals surface area contributed by atoms with E-state index in [4.69, 9.17) is 11.6 Å². The molecule has 1 aromatic heterocycles. The molecule has 132 valence electrons. The number of carbonyl (C=O) groups excluding carboxylic acids is 1. The monoisotopic (exact) mass is 380 g/mol. The third-order valence-corrected chi connectivity index (χ3v) is 6.40. The van der Waals surface area contributed by atoms with Gasteiger partial charge in [-0.3, -0.25) is 9.59 Å². The molecule has 0 bridgehead atoms. The molecule has 0 saturated carbocycles. The summed E-state index contributed by atoms with van der Waals surface area (Å²) < 4.78 is 27.7. The normalized spacial score (nSPS) is 15.4. The van der Waals surface area contributed by atoms with Crippen molar-refractivity contribution in [1.29, 1.82) is 0 Å². The second-order valence-electron chi connectivity index (χ2n) is 5.82.